The maximum absolute atomic E-state index is 5.63. The van der Waals surface area contributed by atoms with Crippen LogP contribution in [0.25, 0.3) is 11.0 Å². The van der Waals surface area contributed by atoms with Gasteiger partial charge in [0.1, 0.15) is 11.4 Å². The summed E-state index contributed by atoms with van der Waals surface area (Å²) in [7, 11) is 0. The third-order valence-electron chi connectivity index (χ3n) is 2.60. The fourth-order valence-corrected chi connectivity index (χ4v) is 1.77. The third-order valence-corrected chi connectivity index (χ3v) is 2.60. The number of nitrogens with zero attached hydrogens (tertiary/aromatic N) is 1. The second-order valence-corrected chi connectivity index (χ2v) is 4.54. The number of anilines is 1. The van der Waals surface area contributed by atoms with Crippen molar-refractivity contribution in [1.29, 1.82) is 0 Å². The molecule has 2 aromatic heterocycles. The van der Waals surface area contributed by atoms with Crippen LogP contribution in [0.3, 0.4) is 0 Å². The molecular weight excluding hydrogens is 216 g/mol. The molecule has 0 saturated carbocycles. The van der Waals surface area contributed by atoms with Crippen LogP contribution in [0.4, 0.5) is 5.82 Å². The van der Waals surface area contributed by atoms with Crippen molar-refractivity contribution in [3.63, 3.8) is 0 Å². The summed E-state index contributed by atoms with van der Waals surface area (Å²) in [5.74, 6) is 0.837. The largest absolute Gasteiger partial charge is 0.464 e. The third kappa shape index (κ3) is 2.77. The quantitative estimate of drug-likeness (QED) is 0.863. The molecule has 92 valence electrons. The molecule has 2 rings (SSSR count). The van der Waals surface area contributed by atoms with Gasteiger partial charge in [0.2, 0.25) is 0 Å². The first-order chi connectivity index (χ1) is 8.12. The molecule has 1 N–H and O–H groups in total. The molecule has 0 bridgehead atoms. The van der Waals surface area contributed by atoms with Gasteiger partial charge in [-0.05, 0) is 32.9 Å². The zero-order chi connectivity index (χ0) is 12.3. The lowest BCUT2D eigenvalue weighted by atomic mass is 10.1. The molecule has 0 aliphatic heterocycles. The van der Waals surface area contributed by atoms with Gasteiger partial charge in [-0.25, -0.2) is 4.98 Å². The molecule has 17 heavy (non-hydrogen) atoms. The Kier molecular flexibility index (Phi) is 3.33. The van der Waals surface area contributed by atoms with E-state index in [1.807, 2.05) is 19.1 Å². The number of furan rings is 1. The van der Waals surface area contributed by atoms with Crippen molar-refractivity contribution in [2.75, 3.05) is 18.5 Å². The Morgan fingerprint density at radius 1 is 1.41 bits per heavy atom. The van der Waals surface area contributed by atoms with Crippen LogP contribution in [0.2, 0.25) is 0 Å². The molecule has 0 saturated heterocycles. The van der Waals surface area contributed by atoms with Gasteiger partial charge in [-0.1, -0.05) is 0 Å². The average molecular weight is 234 g/mol. The summed E-state index contributed by atoms with van der Waals surface area (Å²) >= 11 is 0. The van der Waals surface area contributed by atoms with Crippen molar-refractivity contribution in [1.82, 2.24) is 4.98 Å². The molecule has 2 heterocycles. The van der Waals surface area contributed by atoms with Gasteiger partial charge in [-0.15, -0.1) is 0 Å². The number of hydrogen-bond acceptors (Lipinski definition) is 4. The van der Waals surface area contributed by atoms with Crippen molar-refractivity contribution in [2.45, 2.75) is 26.4 Å². The number of ether oxygens (including phenoxy) is 1. The molecule has 0 amide bonds. The molecule has 0 spiro atoms. The lowest BCUT2D eigenvalue weighted by Gasteiger charge is -2.25. The molecule has 0 radical (unpaired) electrons. The predicted octanol–water partition coefficient (Wildman–Crippen LogP) is 3.05. The standard InChI is InChI=1S/C13H18N2O2/c1-4-17-13(2,3)9-15-12-10-6-8-16-11(10)5-7-14-12/h5-8H,4,9H2,1-3H3,(H,14,15). The predicted molar refractivity (Wildman–Crippen MR) is 68.2 cm³/mol. The second kappa shape index (κ2) is 4.75. The van der Waals surface area contributed by atoms with Gasteiger partial charge in [-0.3, -0.25) is 0 Å². The normalized spacial score (nSPS) is 11.9. The van der Waals surface area contributed by atoms with E-state index in [1.165, 1.54) is 0 Å². The summed E-state index contributed by atoms with van der Waals surface area (Å²) in [5, 5.41) is 4.30. The van der Waals surface area contributed by atoms with E-state index in [2.05, 4.69) is 24.1 Å². The first kappa shape index (κ1) is 11.9. The van der Waals surface area contributed by atoms with Gasteiger partial charge >= 0.3 is 0 Å². The van der Waals surface area contributed by atoms with Crippen molar-refractivity contribution >= 4 is 16.8 Å². The molecule has 0 atom stereocenters. The lowest BCUT2D eigenvalue weighted by Crippen LogP contribution is -2.33. The minimum absolute atomic E-state index is 0.206. The zero-order valence-electron chi connectivity index (χ0n) is 10.5. The minimum Gasteiger partial charge on any atom is -0.464 e. The lowest BCUT2D eigenvalue weighted by molar-refractivity contribution is 0.000664. The van der Waals surface area contributed by atoms with Crippen molar-refractivity contribution in [3.05, 3.63) is 24.6 Å². The van der Waals surface area contributed by atoms with Gasteiger partial charge in [-0.2, -0.15) is 0 Å². The first-order valence-corrected chi connectivity index (χ1v) is 5.82. The van der Waals surface area contributed by atoms with Crippen LogP contribution in [0.15, 0.2) is 29.0 Å². The maximum Gasteiger partial charge on any atom is 0.139 e. The van der Waals surface area contributed by atoms with Gasteiger partial charge in [0.05, 0.1) is 17.3 Å². The number of aromatic nitrogens is 1. The van der Waals surface area contributed by atoms with Gasteiger partial charge in [0, 0.05) is 19.3 Å². The fourth-order valence-electron chi connectivity index (χ4n) is 1.77. The summed E-state index contributed by atoms with van der Waals surface area (Å²) in [4.78, 5) is 4.32. The Labute approximate surface area is 101 Å². The van der Waals surface area contributed by atoms with Crippen LogP contribution in [-0.4, -0.2) is 23.7 Å². The number of fused-ring (bicyclic) bond motifs is 1. The van der Waals surface area contributed by atoms with E-state index in [0.29, 0.717) is 13.2 Å². The Hall–Kier alpha value is -1.55. The summed E-state index contributed by atoms with van der Waals surface area (Å²) in [6.07, 6.45) is 3.41. The van der Waals surface area contributed by atoms with Gasteiger partial charge in [0.15, 0.2) is 0 Å². The summed E-state index contributed by atoms with van der Waals surface area (Å²) in [5.41, 5.74) is 0.638. The van der Waals surface area contributed by atoms with Crippen LogP contribution in [0.5, 0.6) is 0 Å². The van der Waals surface area contributed by atoms with E-state index in [9.17, 15) is 0 Å². The van der Waals surface area contributed by atoms with Gasteiger partial charge < -0.3 is 14.5 Å². The Morgan fingerprint density at radius 3 is 3.00 bits per heavy atom. The Bertz CT molecular complexity index is 491. The van der Waals surface area contributed by atoms with E-state index in [0.717, 1.165) is 16.8 Å². The van der Waals surface area contributed by atoms with E-state index in [1.54, 1.807) is 12.5 Å². The summed E-state index contributed by atoms with van der Waals surface area (Å²) in [6.45, 7) is 7.52. The second-order valence-electron chi connectivity index (χ2n) is 4.54. The van der Waals surface area contributed by atoms with Crippen molar-refractivity contribution in [3.8, 4) is 0 Å². The van der Waals surface area contributed by atoms with Crippen LogP contribution >= 0.6 is 0 Å². The average Bonchev–Trinajstić information content (AvgIpc) is 2.74. The SMILES string of the molecule is CCOC(C)(C)CNc1nccc2occc12. The molecule has 0 aromatic carbocycles. The van der Waals surface area contributed by atoms with Crippen LogP contribution in [0.1, 0.15) is 20.8 Å². The van der Waals surface area contributed by atoms with Crippen LogP contribution < -0.4 is 5.32 Å². The highest BCUT2D eigenvalue weighted by molar-refractivity contribution is 5.87. The molecule has 0 fully saturated rings. The van der Waals surface area contributed by atoms with Crippen molar-refractivity contribution in [2.24, 2.45) is 0 Å². The van der Waals surface area contributed by atoms with E-state index >= 15 is 0 Å². The number of nitrogens with one attached hydrogen (secondary N) is 1. The molecule has 4 heteroatoms. The highest BCUT2D eigenvalue weighted by Crippen LogP contribution is 2.22. The highest BCUT2D eigenvalue weighted by Gasteiger charge is 2.18. The Balaban J connectivity index is 2.11. The van der Waals surface area contributed by atoms with E-state index in [-0.39, 0.29) is 5.60 Å². The summed E-state index contributed by atoms with van der Waals surface area (Å²) in [6, 6.07) is 3.77. The van der Waals surface area contributed by atoms with Gasteiger partial charge in [0.25, 0.3) is 0 Å². The summed E-state index contributed by atoms with van der Waals surface area (Å²) < 4.78 is 11.0. The molecule has 0 aliphatic rings. The number of rotatable bonds is 5. The van der Waals surface area contributed by atoms with E-state index in [4.69, 9.17) is 9.15 Å². The van der Waals surface area contributed by atoms with E-state index < -0.39 is 0 Å². The van der Waals surface area contributed by atoms with Crippen LogP contribution in [-0.2, 0) is 4.74 Å². The first-order valence-electron chi connectivity index (χ1n) is 5.82. The molecule has 4 nitrogen and oxygen atoms in total. The fraction of sp³-hybridized carbons (Fsp3) is 0.462. The van der Waals surface area contributed by atoms with Crippen molar-refractivity contribution < 1.29 is 9.15 Å². The molecule has 0 aliphatic carbocycles. The molecule has 0 unspecified atom stereocenters. The zero-order valence-corrected chi connectivity index (χ0v) is 10.5. The number of pyridine rings is 1. The van der Waals surface area contributed by atoms with Crippen LogP contribution in [0, 0.1) is 0 Å². The highest BCUT2D eigenvalue weighted by atomic mass is 16.5. The monoisotopic (exact) mass is 234 g/mol. The Morgan fingerprint density at radius 2 is 2.24 bits per heavy atom. The minimum atomic E-state index is -0.206. The number of hydrogen-bond donors (Lipinski definition) is 1. The maximum atomic E-state index is 5.63. The smallest absolute Gasteiger partial charge is 0.139 e. The molecular formula is C13H18N2O2. The molecule has 2 aromatic rings. The topological polar surface area (TPSA) is 47.3 Å².